The van der Waals surface area contributed by atoms with Crippen molar-refractivity contribution in [1.82, 2.24) is 10.3 Å². The average molecular weight is 402 g/mol. The summed E-state index contributed by atoms with van der Waals surface area (Å²) >= 11 is 0. The van der Waals surface area contributed by atoms with Gasteiger partial charge in [0.2, 0.25) is 5.91 Å². The van der Waals surface area contributed by atoms with Gasteiger partial charge in [0.15, 0.2) is 0 Å². The fraction of sp³-hybridized carbons (Fsp3) is 0.444. The molecule has 1 fully saturated rings. The Morgan fingerprint density at radius 2 is 2.00 bits per heavy atom. The molecule has 0 unspecified atom stereocenters. The van der Waals surface area contributed by atoms with Crippen LogP contribution in [0.2, 0.25) is 0 Å². The van der Waals surface area contributed by atoms with Gasteiger partial charge in [0.25, 0.3) is 0 Å². The van der Waals surface area contributed by atoms with Crippen molar-refractivity contribution in [2.24, 2.45) is 5.73 Å². The molecule has 0 spiro atoms. The number of aliphatic hydroxyl groups is 1. The Balaban J connectivity index is 0.00000169. The Morgan fingerprint density at radius 1 is 1.27 bits per heavy atom. The summed E-state index contributed by atoms with van der Waals surface area (Å²) in [7, 11) is 0. The second-order valence-corrected chi connectivity index (χ2v) is 6.25. The van der Waals surface area contributed by atoms with Crippen LogP contribution in [0.15, 0.2) is 36.5 Å². The van der Waals surface area contributed by atoms with Crippen LogP contribution in [0.4, 0.5) is 0 Å². The summed E-state index contributed by atoms with van der Waals surface area (Å²) in [6.07, 6.45) is 5.39. The van der Waals surface area contributed by atoms with Crippen molar-refractivity contribution in [2.45, 2.75) is 43.9 Å². The zero-order chi connectivity index (χ0) is 16.9. The van der Waals surface area contributed by atoms with E-state index in [0.29, 0.717) is 0 Å². The molecule has 1 saturated carbocycles. The zero-order valence-corrected chi connectivity index (χ0v) is 16.0. The van der Waals surface area contributed by atoms with Crippen LogP contribution < -0.4 is 15.8 Å². The van der Waals surface area contributed by atoms with Gasteiger partial charge in [0.05, 0.1) is 18.2 Å². The lowest BCUT2D eigenvalue weighted by Crippen LogP contribution is -2.48. The van der Waals surface area contributed by atoms with Crippen LogP contribution in [0.5, 0.6) is 5.75 Å². The number of carbonyl (C=O) groups is 1. The first-order valence-electron chi connectivity index (χ1n) is 8.34. The SMILES string of the molecule is Cl.Cl.N[C@@H](CO)C(=O)NC1CCC(Oc2ccc3ncccc3c2)CC1. The van der Waals surface area contributed by atoms with Gasteiger partial charge in [0, 0.05) is 17.6 Å². The molecule has 2 aromatic rings. The van der Waals surface area contributed by atoms with Crippen molar-refractivity contribution in [3.63, 3.8) is 0 Å². The Bertz CT molecular complexity index is 709. The van der Waals surface area contributed by atoms with Gasteiger partial charge in [-0.15, -0.1) is 24.8 Å². The molecule has 0 saturated heterocycles. The van der Waals surface area contributed by atoms with Crippen molar-refractivity contribution in [1.29, 1.82) is 0 Å². The summed E-state index contributed by atoms with van der Waals surface area (Å²) in [5.41, 5.74) is 6.47. The number of halogens is 2. The van der Waals surface area contributed by atoms with Gasteiger partial charge in [-0.3, -0.25) is 9.78 Å². The first-order valence-corrected chi connectivity index (χ1v) is 8.34. The maximum atomic E-state index is 11.7. The minimum Gasteiger partial charge on any atom is -0.490 e. The number of aromatic nitrogens is 1. The van der Waals surface area contributed by atoms with E-state index in [2.05, 4.69) is 10.3 Å². The lowest BCUT2D eigenvalue weighted by molar-refractivity contribution is -0.124. The van der Waals surface area contributed by atoms with E-state index in [1.165, 1.54) is 0 Å². The van der Waals surface area contributed by atoms with Crippen molar-refractivity contribution in [2.75, 3.05) is 6.61 Å². The topological polar surface area (TPSA) is 97.5 Å². The first-order chi connectivity index (χ1) is 11.7. The number of nitrogens with zero attached hydrogens (tertiary/aromatic N) is 1. The minimum atomic E-state index is -0.842. The quantitative estimate of drug-likeness (QED) is 0.713. The molecule has 1 aromatic carbocycles. The molecule has 8 heteroatoms. The highest BCUT2D eigenvalue weighted by atomic mass is 35.5. The standard InChI is InChI=1S/C18H23N3O3.2ClH/c19-16(11-22)18(23)21-13-3-5-14(6-4-13)24-15-7-8-17-12(10-15)2-1-9-20-17;;/h1-2,7-10,13-14,16,22H,3-6,11,19H2,(H,21,23);2*1H/t13?,14?,16-;;/m0../s1. The molecule has 1 aliphatic carbocycles. The van der Waals surface area contributed by atoms with Crippen molar-refractivity contribution < 1.29 is 14.6 Å². The number of pyridine rings is 1. The molecular formula is C18H25Cl2N3O3. The van der Waals surface area contributed by atoms with E-state index in [1.807, 2.05) is 30.3 Å². The van der Waals surface area contributed by atoms with Crippen LogP contribution in [-0.4, -0.2) is 40.8 Å². The van der Waals surface area contributed by atoms with Crippen LogP contribution in [0.25, 0.3) is 10.9 Å². The molecule has 1 aliphatic rings. The van der Waals surface area contributed by atoms with E-state index in [0.717, 1.165) is 42.3 Å². The molecule has 0 aliphatic heterocycles. The third-order valence-corrected chi connectivity index (χ3v) is 4.43. The Morgan fingerprint density at radius 3 is 2.69 bits per heavy atom. The molecule has 1 atom stereocenters. The van der Waals surface area contributed by atoms with Crippen LogP contribution in [0.1, 0.15) is 25.7 Å². The maximum Gasteiger partial charge on any atom is 0.239 e. The largest absolute Gasteiger partial charge is 0.490 e. The summed E-state index contributed by atoms with van der Waals surface area (Å²) in [6, 6.07) is 9.12. The third-order valence-electron chi connectivity index (χ3n) is 4.43. The van der Waals surface area contributed by atoms with Crippen LogP contribution >= 0.6 is 24.8 Å². The van der Waals surface area contributed by atoms with Crippen molar-refractivity contribution >= 4 is 41.6 Å². The van der Waals surface area contributed by atoms with E-state index < -0.39 is 6.04 Å². The van der Waals surface area contributed by atoms with Gasteiger partial charge in [-0.1, -0.05) is 6.07 Å². The molecule has 6 nitrogen and oxygen atoms in total. The Hall–Kier alpha value is -1.60. The van der Waals surface area contributed by atoms with Crippen molar-refractivity contribution in [3.8, 4) is 5.75 Å². The Labute approximate surface area is 165 Å². The molecule has 26 heavy (non-hydrogen) atoms. The smallest absolute Gasteiger partial charge is 0.239 e. The van der Waals surface area contributed by atoms with E-state index >= 15 is 0 Å². The zero-order valence-electron chi connectivity index (χ0n) is 14.3. The highest BCUT2D eigenvalue weighted by Gasteiger charge is 2.25. The van der Waals surface area contributed by atoms with Crippen LogP contribution in [-0.2, 0) is 4.79 Å². The molecule has 144 valence electrons. The van der Waals surface area contributed by atoms with Crippen LogP contribution in [0, 0.1) is 0 Å². The predicted molar refractivity (Wildman–Crippen MR) is 106 cm³/mol. The summed E-state index contributed by atoms with van der Waals surface area (Å²) in [5.74, 6) is 0.564. The van der Waals surface area contributed by atoms with Gasteiger partial charge >= 0.3 is 0 Å². The monoisotopic (exact) mass is 401 g/mol. The molecule has 3 rings (SSSR count). The number of fused-ring (bicyclic) bond motifs is 1. The highest BCUT2D eigenvalue weighted by molar-refractivity contribution is 5.85. The van der Waals surface area contributed by atoms with Gasteiger partial charge in [-0.2, -0.15) is 0 Å². The molecular weight excluding hydrogens is 377 g/mol. The van der Waals surface area contributed by atoms with E-state index in [-0.39, 0.29) is 49.5 Å². The number of rotatable bonds is 5. The molecule has 1 aromatic heterocycles. The number of nitrogens with two attached hydrogens (primary N) is 1. The lowest BCUT2D eigenvalue weighted by Gasteiger charge is -2.30. The van der Waals surface area contributed by atoms with Gasteiger partial charge < -0.3 is 20.9 Å². The van der Waals surface area contributed by atoms with Gasteiger partial charge in [0.1, 0.15) is 11.8 Å². The fourth-order valence-corrected chi connectivity index (χ4v) is 3.04. The number of benzene rings is 1. The Kier molecular flexibility index (Phi) is 9.08. The second kappa shape index (κ2) is 10.5. The summed E-state index contributed by atoms with van der Waals surface area (Å²) in [4.78, 5) is 16.0. The van der Waals surface area contributed by atoms with Crippen molar-refractivity contribution in [3.05, 3.63) is 36.5 Å². The van der Waals surface area contributed by atoms with Crippen LogP contribution in [0.3, 0.4) is 0 Å². The molecule has 4 N–H and O–H groups in total. The number of aliphatic hydroxyl groups excluding tert-OH is 1. The molecule has 1 heterocycles. The molecule has 0 bridgehead atoms. The summed E-state index contributed by atoms with van der Waals surface area (Å²) < 4.78 is 6.08. The third kappa shape index (κ3) is 5.71. The van der Waals surface area contributed by atoms with E-state index in [9.17, 15) is 4.79 Å². The normalized spacial score (nSPS) is 20.4. The van der Waals surface area contributed by atoms with Gasteiger partial charge in [-0.05, 0) is 49.9 Å². The van der Waals surface area contributed by atoms with Gasteiger partial charge in [-0.25, -0.2) is 0 Å². The number of nitrogens with one attached hydrogen (secondary N) is 1. The molecule has 0 radical (unpaired) electrons. The number of ether oxygens (including phenoxy) is 1. The highest BCUT2D eigenvalue weighted by Crippen LogP contribution is 2.26. The molecule has 1 amide bonds. The number of hydrogen-bond donors (Lipinski definition) is 3. The maximum absolute atomic E-state index is 11.7. The summed E-state index contributed by atoms with van der Waals surface area (Å²) in [5, 5.41) is 12.9. The number of amides is 1. The average Bonchev–Trinajstić information content (AvgIpc) is 2.62. The lowest BCUT2D eigenvalue weighted by atomic mass is 9.92. The first kappa shape index (κ1) is 22.4. The van der Waals surface area contributed by atoms with E-state index in [4.69, 9.17) is 15.6 Å². The predicted octanol–water partition coefficient (Wildman–Crippen LogP) is 2.20. The van der Waals surface area contributed by atoms with E-state index in [1.54, 1.807) is 6.20 Å². The minimum absolute atomic E-state index is 0. The number of carbonyl (C=O) groups excluding carboxylic acids is 1. The number of hydrogen-bond acceptors (Lipinski definition) is 5. The second-order valence-electron chi connectivity index (χ2n) is 6.25. The fourth-order valence-electron chi connectivity index (χ4n) is 3.04. The summed E-state index contributed by atoms with van der Waals surface area (Å²) in [6.45, 7) is -0.332.